The second kappa shape index (κ2) is 8.04. The van der Waals surface area contributed by atoms with Crippen molar-refractivity contribution in [2.24, 2.45) is 0 Å². The summed E-state index contributed by atoms with van der Waals surface area (Å²) in [5.74, 6) is 0.204. The molecule has 0 aliphatic carbocycles. The van der Waals surface area contributed by atoms with Gasteiger partial charge in [0.2, 0.25) is 0 Å². The first-order valence-corrected chi connectivity index (χ1v) is 10.6. The Morgan fingerprint density at radius 1 is 1.28 bits per heavy atom. The van der Waals surface area contributed by atoms with E-state index in [1.165, 1.54) is 0 Å². The van der Waals surface area contributed by atoms with Crippen molar-refractivity contribution < 1.29 is 52.0 Å². The summed E-state index contributed by atoms with van der Waals surface area (Å²) in [5, 5.41) is 9.54. The minimum atomic E-state index is -4.70. The highest BCUT2D eigenvalue weighted by atomic mass is 31.2. The van der Waals surface area contributed by atoms with Gasteiger partial charge in [-0.1, -0.05) is 0 Å². The molecule has 4 N–H and O–H groups in total. The van der Waals surface area contributed by atoms with Crippen molar-refractivity contribution in [2.75, 3.05) is 6.61 Å². The van der Waals surface area contributed by atoms with Gasteiger partial charge in [0.05, 0.1) is 18.8 Å². The molecule has 0 bridgehead atoms. The molecule has 2 saturated heterocycles. The zero-order chi connectivity index (χ0) is 18.8. The highest BCUT2D eigenvalue weighted by Crippen LogP contribution is 2.48. The number of aliphatic hydroxyl groups excluding tert-OH is 1. The maximum Gasteiger partial charge on any atom is 0.527 e. The molecule has 0 spiro atoms. The van der Waals surface area contributed by atoms with Crippen LogP contribution >= 0.6 is 15.6 Å². The van der Waals surface area contributed by atoms with Crippen molar-refractivity contribution in [1.82, 2.24) is 0 Å². The van der Waals surface area contributed by atoms with E-state index in [2.05, 4.69) is 4.52 Å². The van der Waals surface area contributed by atoms with Gasteiger partial charge in [0.1, 0.15) is 30.3 Å². The summed E-state index contributed by atoms with van der Waals surface area (Å²) in [6, 6.07) is 0. The summed E-state index contributed by atoms with van der Waals surface area (Å²) >= 11 is 0. The highest BCUT2D eigenvalue weighted by Gasteiger charge is 2.41. The van der Waals surface area contributed by atoms with Crippen LogP contribution in [0.1, 0.15) is 26.7 Å². The number of phosphoric acid groups is 2. The predicted octanol–water partition coefficient (Wildman–Crippen LogP) is 0.786. The minimum absolute atomic E-state index is 0.142. The van der Waals surface area contributed by atoms with Crippen LogP contribution in [0.4, 0.5) is 0 Å². The average molecular weight is 404 g/mol. The molecule has 0 radical (unpaired) electrons. The van der Waals surface area contributed by atoms with E-state index in [4.69, 9.17) is 28.3 Å². The van der Waals surface area contributed by atoms with E-state index in [1.54, 1.807) is 13.8 Å². The van der Waals surface area contributed by atoms with Crippen LogP contribution in [0.5, 0.6) is 0 Å². The average Bonchev–Trinajstić information content (AvgIpc) is 2.96. The van der Waals surface area contributed by atoms with Gasteiger partial charge in [-0.15, -0.1) is 0 Å². The molecule has 25 heavy (non-hydrogen) atoms. The summed E-state index contributed by atoms with van der Waals surface area (Å²) in [6.07, 6.45) is -2.17. The third kappa shape index (κ3) is 6.63. The first-order valence-electron chi connectivity index (χ1n) is 7.54. The summed E-state index contributed by atoms with van der Waals surface area (Å²) in [6.45, 7) is 2.81. The lowest BCUT2D eigenvalue weighted by Gasteiger charge is -2.20. The summed E-state index contributed by atoms with van der Waals surface area (Å²) in [7, 11) is -9.23. The fourth-order valence-electron chi connectivity index (χ4n) is 2.48. The van der Waals surface area contributed by atoms with Gasteiger partial charge in [0.15, 0.2) is 0 Å². The number of phosphoric ester groups is 2. The minimum Gasteiger partial charge on any atom is -0.489 e. The van der Waals surface area contributed by atoms with E-state index >= 15 is 0 Å². The molecule has 0 amide bonds. The van der Waals surface area contributed by atoms with Gasteiger partial charge < -0.3 is 28.9 Å². The number of hydrogen-bond donors (Lipinski definition) is 4. The fourth-order valence-corrected chi connectivity index (χ4v) is 3.69. The van der Waals surface area contributed by atoms with Crippen molar-refractivity contribution >= 4 is 15.6 Å². The molecular weight excluding hydrogens is 382 g/mol. The van der Waals surface area contributed by atoms with Gasteiger partial charge in [-0.25, -0.2) is 9.13 Å². The molecule has 146 valence electrons. The Morgan fingerprint density at radius 3 is 2.52 bits per heavy atom. The Morgan fingerprint density at radius 2 is 1.96 bits per heavy atom. The molecule has 0 aromatic carbocycles. The molecular formula is C12H22O11P2. The van der Waals surface area contributed by atoms with Crippen LogP contribution in [-0.4, -0.2) is 56.9 Å². The summed E-state index contributed by atoms with van der Waals surface area (Å²) in [4.78, 5) is 27.3. The largest absolute Gasteiger partial charge is 0.527 e. The molecule has 0 aromatic rings. The summed E-state index contributed by atoms with van der Waals surface area (Å²) in [5.41, 5.74) is 0. The summed E-state index contributed by atoms with van der Waals surface area (Å²) < 4.78 is 47.5. The third-order valence-corrected chi connectivity index (χ3v) is 5.06. The van der Waals surface area contributed by atoms with Crippen molar-refractivity contribution in [3.8, 4) is 0 Å². The number of hydrogen-bond acceptors (Lipinski definition) is 8. The van der Waals surface area contributed by atoms with Crippen LogP contribution in [0.3, 0.4) is 0 Å². The van der Waals surface area contributed by atoms with Gasteiger partial charge in [-0.3, -0.25) is 13.9 Å². The molecule has 2 fully saturated rings. The highest BCUT2D eigenvalue weighted by molar-refractivity contribution is 7.47. The van der Waals surface area contributed by atoms with Crippen LogP contribution in [0, 0.1) is 0 Å². The molecule has 0 aromatic heterocycles. The monoisotopic (exact) mass is 404 g/mol. The van der Waals surface area contributed by atoms with Crippen molar-refractivity contribution in [3.63, 3.8) is 0 Å². The molecule has 0 saturated carbocycles. The molecule has 2 aliphatic heterocycles. The third-order valence-electron chi connectivity index (χ3n) is 3.67. The van der Waals surface area contributed by atoms with Gasteiger partial charge in [0.25, 0.3) is 0 Å². The Kier molecular flexibility index (Phi) is 6.70. The second-order valence-corrected chi connectivity index (χ2v) is 8.50. The van der Waals surface area contributed by atoms with Crippen LogP contribution in [0.25, 0.3) is 0 Å². The van der Waals surface area contributed by atoms with Crippen LogP contribution in [0.2, 0.25) is 0 Å². The zero-order valence-corrected chi connectivity index (χ0v) is 15.4. The SMILES string of the molecule is C[C@@H]1O/C(=C/OP(=O)(O)OC2C[C@H](C)O[C@@H]2COP(=O)(O)O)C[C@H]1O. The Balaban J connectivity index is 1.92. The van der Waals surface area contributed by atoms with E-state index in [9.17, 15) is 19.1 Å². The molecule has 13 heteroatoms. The van der Waals surface area contributed by atoms with Crippen molar-refractivity contribution in [1.29, 1.82) is 0 Å². The van der Waals surface area contributed by atoms with Crippen LogP contribution in [0.15, 0.2) is 12.0 Å². The molecule has 2 unspecified atom stereocenters. The quantitative estimate of drug-likeness (QED) is 0.351. The fraction of sp³-hybridized carbons (Fsp3) is 0.833. The van der Waals surface area contributed by atoms with E-state index in [-0.39, 0.29) is 24.7 Å². The van der Waals surface area contributed by atoms with Crippen molar-refractivity contribution in [2.45, 2.75) is 57.2 Å². The maximum absolute atomic E-state index is 12.0. The molecule has 11 nitrogen and oxygen atoms in total. The first-order chi connectivity index (χ1) is 11.5. The second-order valence-electron chi connectivity index (χ2n) is 5.90. The number of aliphatic hydroxyl groups is 1. The Bertz CT molecular complexity index is 576. The standard InChI is InChI=1S/C12H22O11P2/c1-7-3-11(12(21-7)6-19-24(14,15)16)23-25(17,18)20-5-9-4-10(13)8(2)22-9/h5,7-8,10-13H,3-4,6H2,1-2H3,(H,17,18)(H2,14,15,16)/b9-5+/t7-,8-,10+,11?,12+/m0/s1. The lowest BCUT2D eigenvalue weighted by molar-refractivity contribution is -0.0170. The molecule has 6 atom stereocenters. The molecule has 2 aliphatic rings. The van der Waals surface area contributed by atoms with Crippen LogP contribution in [-0.2, 0) is 32.2 Å². The van der Waals surface area contributed by atoms with E-state index in [1.807, 2.05) is 0 Å². The molecule has 2 heterocycles. The normalized spacial score (nSPS) is 37.0. The molecule has 2 rings (SSSR count). The van der Waals surface area contributed by atoms with Gasteiger partial charge >= 0.3 is 15.6 Å². The number of ether oxygens (including phenoxy) is 2. The van der Waals surface area contributed by atoms with Crippen LogP contribution < -0.4 is 0 Å². The van der Waals surface area contributed by atoms with Gasteiger partial charge in [-0.05, 0) is 13.8 Å². The lowest BCUT2D eigenvalue weighted by Crippen LogP contribution is -2.28. The van der Waals surface area contributed by atoms with E-state index in [0.29, 0.717) is 0 Å². The topological polar surface area (TPSA) is 161 Å². The van der Waals surface area contributed by atoms with Crippen molar-refractivity contribution in [3.05, 3.63) is 12.0 Å². The Hall–Kier alpha value is -0.480. The lowest BCUT2D eigenvalue weighted by atomic mass is 10.1. The predicted molar refractivity (Wildman–Crippen MR) is 82.0 cm³/mol. The zero-order valence-electron chi connectivity index (χ0n) is 13.6. The smallest absolute Gasteiger partial charge is 0.489 e. The van der Waals surface area contributed by atoms with E-state index in [0.717, 1.165) is 6.26 Å². The number of rotatable bonds is 7. The van der Waals surface area contributed by atoms with E-state index < -0.39 is 46.7 Å². The first kappa shape index (κ1) is 20.8. The van der Waals surface area contributed by atoms with Gasteiger partial charge in [0, 0.05) is 12.8 Å². The maximum atomic E-state index is 12.0. The van der Waals surface area contributed by atoms with Gasteiger partial charge in [-0.2, -0.15) is 0 Å². The Labute approximate surface area is 144 Å².